The van der Waals surface area contributed by atoms with Gasteiger partial charge in [-0.25, -0.2) is 8.42 Å². The Kier molecular flexibility index (Phi) is 5.69. The number of carbonyl (C=O) groups is 1. The Bertz CT molecular complexity index is 876. The molecule has 0 radical (unpaired) electrons. The molecule has 0 unspecified atom stereocenters. The summed E-state index contributed by atoms with van der Waals surface area (Å²) in [6.07, 6.45) is 0. The van der Waals surface area contributed by atoms with Gasteiger partial charge in [0.2, 0.25) is 0 Å². The van der Waals surface area contributed by atoms with Gasteiger partial charge in [0.25, 0.3) is 15.9 Å². The Morgan fingerprint density at radius 2 is 1.80 bits per heavy atom. The number of anilines is 1. The summed E-state index contributed by atoms with van der Waals surface area (Å²) in [6.45, 7) is 5.37. The van der Waals surface area contributed by atoms with Crippen molar-refractivity contribution in [1.82, 2.24) is 5.32 Å². The number of benzene rings is 2. The summed E-state index contributed by atoms with van der Waals surface area (Å²) in [5.41, 5.74) is 1.05. The zero-order valence-electron chi connectivity index (χ0n) is 14.7. The highest BCUT2D eigenvalue weighted by Gasteiger charge is 2.20. The fourth-order valence-corrected chi connectivity index (χ4v) is 3.67. The number of hydrogen-bond acceptors (Lipinski definition) is 4. The molecule has 0 saturated carbocycles. The van der Waals surface area contributed by atoms with E-state index in [1.165, 1.54) is 13.2 Å². The molecule has 0 saturated heterocycles. The summed E-state index contributed by atoms with van der Waals surface area (Å²) in [7, 11) is -2.32. The van der Waals surface area contributed by atoms with Crippen molar-refractivity contribution in [2.75, 3.05) is 11.8 Å². The van der Waals surface area contributed by atoms with Crippen molar-refractivity contribution in [2.24, 2.45) is 0 Å². The summed E-state index contributed by atoms with van der Waals surface area (Å²) < 4.78 is 33.1. The van der Waals surface area contributed by atoms with E-state index in [2.05, 4.69) is 10.0 Å². The van der Waals surface area contributed by atoms with Crippen LogP contribution in [0.3, 0.4) is 0 Å². The van der Waals surface area contributed by atoms with Crippen molar-refractivity contribution >= 4 is 21.6 Å². The van der Waals surface area contributed by atoms with Gasteiger partial charge in [0.1, 0.15) is 5.75 Å². The van der Waals surface area contributed by atoms with Gasteiger partial charge in [-0.2, -0.15) is 0 Å². The molecule has 2 aromatic carbocycles. The first kappa shape index (κ1) is 18.8. The van der Waals surface area contributed by atoms with Crippen LogP contribution in [0.2, 0.25) is 0 Å². The Balaban J connectivity index is 2.37. The average Bonchev–Trinajstić information content (AvgIpc) is 2.53. The Labute approximate surface area is 148 Å². The molecule has 0 aliphatic heterocycles. The van der Waals surface area contributed by atoms with Gasteiger partial charge in [-0.05, 0) is 56.7 Å². The van der Waals surface area contributed by atoms with Gasteiger partial charge in [-0.1, -0.05) is 12.1 Å². The van der Waals surface area contributed by atoms with Gasteiger partial charge in [-0.3, -0.25) is 9.52 Å². The highest BCUT2D eigenvalue weighted by atomic mass is 32.2. The smallest absolute Gasteiger partial charge is 0.262 e. The lowest BCUT2D eigenvalue weighted by molar-refractivity contribution is 0.0944. The number of amides is 1. The number of aryl methyl sites for hydroxylation is 1. The predicted molar refractivity (Wildman–Crippen MR) is 97.6 cm³/mol. The minimum absolute atomic E-state index is 0.0546. The van der Waals surface area contributed by atoms with Crippen molar-refractivity contribution in [3.8, 4) is 5.75 Å². The minimum atomic E-state index is -3.84. The van der Waals surface area contributed by atoms with Crippen molar-refractivity contribution < 1.29 is 17.9 Å². The molecule has 1 amide bonds. The highest BCUT2D eigenvalue weighted by Crippen LogP contribution is 2.25. The lowest BCUT2D eigenvalue weighted by Gasteiger charge is -2.15. The lowest BCUT2D eigenvalue weighted by atomic mass is 10.1. The van der Waals surface area contributed by atoms with Crippen LogP contribution in [0.1, 0.15) is 29.8 Å². The maximum Gasteiger partial charge on any atom is 0.262 e. The molecule has 2 rings (SSSR count). The molecule has 0 aliphatic carbocycles. The van der Waals surface area contributed by atoms with E-state index in [9.17, 15) is 13.2 Å². The van der Waals surface area contributed by atoms with Crippen LogP contribution in [0, 0.1) is 6.92 Å². The van der Waals surface area contributed by atoms with Crippen LogP contribution in [-0.4, -0.2) is 27.5 Å². The van der Waals surface area contributed by atoms with Gasteiger partial charge in [0, 0.05) is 6.04 Å². The maximum atomic E-state index is 12.7. The summed E-state index contributed by atoms with van der Waals surface area (Å²) in [4.78, 5) is 12.4. The summed E-state index contributed by atoms with van der Waals surface area (Å²) >= 11 is 0. The Morgan fingerprint density at radius 1 is 1.12 bits per heavy atom. The fourth-order valence-electron chi connectivity index (χ4n) is 2.36. The number of sulfonamides is 1. The number of carbonyl (C=O) groups excluding carboxylic acids is 1. The Morgan fingerprint density at radius 3 is 2.40 bits per heavy atom. The van der Waals surface area contributed by atoms with Crippen LogP contribution in [0.25, 0.3) is 0 Å². The SMILES string of the molecule is COc1ccc(S(=O)(=O)Nc2ccccc2C(=O)NC(C)C)c(C)c1. The molecule has 0 spiro atoms. The predicted octanol–water partition coefficient (Wildman–Crippen LogP) is 2.94. The minimum Gasteiger partial charge on any atom is -0.497 e. The summed E-state index contributed by atoms with van der Waals surface area (Å²) in [5.74, 6) is 0.243. The molecule has 134 valence electrons. The van der Waals surface area contributed by atoms with E-state index in [1.807, 2.05) is 13.8 Å². The fraction of sp³-hybridized carbons (Fsp3) is 0.278. The van der Waals surface area contributed by atoms with E-state index in [-0.39, 0.29) is 28.1 Å². The van der Waals surface area contributed by atoms with E-state index >= 15 is 0 Å². The summed E-state index contributed by atoms with van der Waals surface area (Å²) in [5, 5.41) is 2.76. The van der Waals surface area contributed by atoms with Crippen LogP contribution < -0.4 is 14.8 Å². The lowest BCUT2D eigenvalue weighted by Crippen LogP contribution is -2.31. The molecule has 6 nitrogen and oxygen atoms in total. The van der Waals surface area contributed by atoms with Crippen LogP contribution >= 0.6 is 0 Å². The van der Waals surface area contributed by atoms with Crippen molar-refractivity contribution in [3.63, 3.8) is 0 Å². The monoisotopic (exact) mass is 362 g/mol. The van der Waals surface area contributed by atoms with E-state index < -0.39 is 10.0 Å². The topological polar surface area (TPSA) is 84.5 Å². The van der Waals surface area contributed by atoms with E-state index in [4.69, 9.17) is 4.74 Å². The first-order valence-electron chi connectivity index (χ1n) is 7.82. The number of hydrogen-bond donors (Lipinski definition) is 2. The molecule has 0 heterocycles. The first-order valence-corrected chi connectivity index (χ1v) is 9.30. The molecule has 0 bridgehead atoms. The number of ether oxygens (including phenoxy) is 1. The molecule has 0 atom stereocenters. The van der Waals surface area contributed by atoms with Crippen LogP contribution in [-0.2, 0) is 10.0 Å². The van der Waals surface area contributed by atoms with Crippen molar-refractivity contribution in [1.29, 1.82) is 0 Å². The number of nitrogens with one attached hydrogen (secondary N) is 2. The first-order chi connectivity index (χ1) is 11.7. The third kappa shape index (κ3) is 4.51. The zero-order chi connectivity index (χ0) is 18.6. The van der Waals surface area contributed by atoms with Crippen molar-refractivity contribution in [3.05, 3.63) is 53.6 Å². The quantitative estimate of drug-likeness (QED) is 0.827. The van der Waals surface area contributed by atoms with Gasteiger partial charge in [-0.15, -0.1) is 0 Å². The normalized spacial score (nSPS) is 11.2. The molecule has 25 heavy (non-hydrogen) atoms. The molecule has 0 aliphatic rings. The summed E-state index contributed by atoms with van der Waals surface area (Å²) in [6, 6.07) is 11.2. The molecule has 7 heteroatoms. The number of para-hydroxylation sites is 1. The second-order valence-corrected chi connectivity index (χ2v) is 7.56. The molecule has 0 fully saturated rings. The number of methoxy groups -OCH3 is 1. The van der Waals surface area contributed by atoms with E-state index in [1.54, 1.807) is 43.3 Å². The number of rotatable bonds is 6. The third-order valence-corrected chi connectivity index (χ3v) is 5.03. The second kappa shape index (κ2) is 7.57. The second-order valence-electron chi connectivity index (χ2n) is 5.91. The molecule has 0 aromatic heterocycles. The largest absolute Gasteiger partial charge is 0.497 e. The van der Waals surface area contributed by atoms with Gasteiger partial charge in [0.05, 0.1) is 23.3 Å². The van der Waals surface area contributed by atoms with Crippen LogP contribution in [0.4, 0.5) is 5.69 Å². The third-order valence-electron chi connectivity index (χ3n) is 3.51. The maximum absolute atomic E-state index is 12.7. The zero-order valence-corrected chi connectivity index (χ0v) is 15.5. The van der Waals surface area contributed by atoms with Gasteiger partial charge < -0.3 is 10.1 Å². The molecule has 2 aromatic rings. The molecular formula is C18H22N2O4S. The molecule has 2 N–H and O–H groups in total. The highest BCUT2D eigenvalue weighted by molar-refractivity contribution is 7.92. The van der Waals surface area contributed by atoms with E-state index in [0.29, 0.717) is 11.3 Å². The standard InChI is InChI=1S/C18H22N2O4S/c1-12(2)19-18(21)15-7-5-6-8-16(15)20-25(22,23)17-10-9-14(24-4)11-13(17)3/h5-12,20H,1-4H3,(H,19,21). The molecular weight excluding hydrogens is 340 g/mol. The average molecular weight is 362 g/mol. The van der Waals surface area contributed by atoms with Gasteiger partial charge in [0.15, 0.2) is 0 Å². The van der Waals surface area contributed by atoms with E-state index in [0.717, 1.165) is 0 Å². The van der Waals surface area contributed by atoms with Crippen molar-refractivity contribution in [2.45, 2.75) is 31.7 Å². The van der Waals surface area contributed by atoms with Gasteiger partial charge >= 0.3 is 0 Å². The Hall–Kier alpha value is -2.54. The van der Waals surface area contributed by atoms with Crippen LogP contribution in [0.15, 0.2) is 47.4 Å². The van der Waals surface area contributed by atoms with Crippen LogP contribution in [0.5, 0.6) is 5.75 Å².